The normalized spacial score (nSPS) is 11.8. The smallest absolute Gasteiger partial charge is 0.352 e. The molecule has 204 valence electrons. The monoisotopic (exact) mass is 574 g/mol. The van der Waals surface area contributed by atoms with Crippen molar-refractivity contribution >= 4 is 40.8 Å². The topological polar surface area (TPSA) is 35.5 Å². The molecule has 3 aromatic carbocycles. The molecule has 0 aliphatic rings. The summed E-state index contributed by atoms with van der Waals surface area (Å²) in [4.78, 5) is 13.2. The Bertz CT molecular complexity index is 1120. The van der Waals surface area contributed by atoms with Gasteiger partial charge in [0.25, 0.3) is 0 Å². The van der Waals surface area contributed by atoms with Gasteiger partial charge >= 0.3 is 5.97 Å². The second-order valence-electron chi connectivity index (χ2n) is 9.59. The molecule has 0 aliphatic heterocycles. The van der Waals surface area contributed by atoms with E-state index in [1.54, 1.807) is 0 Å². The van der Waals surface area contributed by atoms with E-state index in [-0.39, 0.29) is 15.8 Å². The zero-order chi connectivity index (χ0) is 27.2. The van der Waals surface area contributed by atoms with Gasteiger partial charge in [0.1, 0.15) is 5.75 Å². The number of halogens is 3. The van der Waals surface area contributed by atoms with Crippen molar-refractivity contribution in [2.45, 2.75) is 83.7 Å². The fraction of sp³-hybridized carbons (Fsp3) is 0.406. The molecular formula is C32H37Cl3O3. The number of hydrogen-bond donors (Lipinski definition) is 0. The number of esters is 1. The summed E-state index contributed by atoms with van der Waals surface area (Å²) in [7, 11) is 0. The Morgan fingerprint density at radius 3 is 1.87 bits per heavy atom. The molecule has 1 atom stereocenters. The van der Waals surface area contributed by atoms with Gasteiger partial charge in [-0.25, -0.2) is 4.79 Å². The molecule has 0 fully saturated rings. The van der Waals surface area contributed by atoms with Gasteiger partial charge in [0, 0.05) is 6.07 Å². The van der Waals surface area contributed by atoms with Gasteiger partial charge in [-0.15, -0.1) is 0 Å². The number of benzene rings is 3. The highest BCUT2D eigenvalue weighted by molar-refractivity contribution is 6.43. The Kier molecular flexibility index (Phi) is 13.3. The Morgan fingerprint density at radius 2 is 1.24 bits per heavy atom. The molecule has 0 spiro atoms. The number of ether oxygens (including phenoxy) is 2. The lowest BCUT2D eigenvalue weighted by Crippen LogP contribution is -2.31. The molecule has 0 radical (unpaired) electrons. The van der Waals surface area contributed by atoms with E-state index in [9.17, 15) is 4.79 Å². The van der Waals surface area contributed by atoms with Crippen molar-refractivity contribution in [1.29, 1.82) is 0 Å². The third-order valence-corrected chi connectivity index (χ3v) is 7.53. The fourth-order valence-electron chi connectivity index (χ4n) is 4.32. The maximum Gasteiger partial charge on any atom is 0.352 e. The number of carbonyl (C=O) groups excluding carboxylic acids is 1. The maximum absolute atomic E-state index is 13.2. The largest absolute Gasteiger partial charge is 0.479 e. The van der Waals surface area contributed by atoms with Crippen molar-refractivity contribution in [1.82, 2.24) is 0 Å². The van der Waals surface area contributed by atoms with E-state index in [4.69, 9.17) is 44.3 Å². The molecule has 0 N–H and O–H groups in total. The molecule has 0 amide bonds. The molecule has 0 saturated heterocycles. The molecule has 0 heterocycles. The third kappa shape index (κ3) is 10.2. The molecule has 0 aliphatic carbocycles. The molecule has 3 nitrogen and oxygen atoms in total. The minimum absolute atomic E-state index is 0.169. The molecule has 0 saturated carbocycles. The predicted octanol–water partition coefficient (Wildman–Crippen LogP) is 11.0. The van der Waals surface area contributed by atoms with Crippen LogP contribution in [0.4, 0.5) is 0 Å². The average Bonchev–Trinajstić information content (AvgIpc) is 2.93. The van der Waals surface area contributed by atoms with Crippen LogP contribution in [-0.4, -0.2) is 12.1 Å². The summed E-state index contributed by atoms with van der Waals surface area (Å²) in [5.74, 6) is 0.273. The van der Waals surface area contributed by atoms with Crippen molar-refractivity contribution < 1.29 is 14.3 Å². The maximum atomic E-state index is 13.2. The van der Waals surface area contributed by atoms with Gasteiger partial charge in [0.15, 0.2) is 11.9 Å². The summed E-state index contributed by atoms with van der Waals surface area (Å²) in [6.45, 7) is 2.24. The van der Waals surface area contributed by atoms with Crippen LogP contribution in [0.3, 0.4) is 0 Å². The van der Waals surface area contributed by atoms with E-state index in [0.29, 0.717) is 17.2 Å². The predicted molar refractivity (Wildman–Crippen MR) is 160 cm³/mol. The van der Waals surface area contributed by atoms with Gasteiger partial charge < -0.3 is 9.47 Å². The van der Waals surface area contributed by atoms with Crippen LogP contribution >= 0.6 is 34.8 Å². The summed E-state index contributed by atoms with van der Waals surface area (Å²) in [6.07, 6.45) is 11.9. The van der Waals surface area contributed by atoms with Gasteiger partial charge in [0.2, 0.25) is 0 Å². The Morgan fingerprint density at radius 1 is 0.684 bits per heavy atom. The standard InChI is InChI=1S/C32H37Cl3O3/c1-2-3-4-5-6-7-8-9-10-14-17-30(32(36)38-31-23-28(34)27(33)22-29(31)35)37-26-20-18-25(19-21-26)24-15-12-11-13-16-24/h11-13,15-16,18-23,30H,2-10,14,17H2,1H3. The van der Waals surface area contributed by atoms with Crippen molar-refractivity contribution in [2.75, 3.05) is 0 Å². The first-order valence-electron chi connectivity index (χ1n) is 13.7. The second-order valence-corrected chi connectivity index (χ2v) is 10.8. The van der Waals surface area contributed by atoms with E-state index < -0.39 is 12.1 Å². The minimum atomic E-state index is -0.767. The highest BCUT2D eigenvalue weighted by Crippen LogP contribution is 2.34. The van der Waals surface area contributed by atoms with Crippen molar-refractivity contribution in [2.24, 2.45) is 0 Å². The van der Waals surface area contributed by atoms with Crippen molar-refractivity contribution in [3.05, 3.63) is 81.8 Å². The highest BCUT2D eigenvalue weighted by Gasteiger charge is 2.24. The van der Waals surface area contributed by atoms with Gasteiger partial charge in [-0.2, -0.15) is 0 Å². The summed E-state index contributed by atoms with van der Waals surface area (Å²) in [5.41, 5.74) is 2.20. The molecule has 3 rings (SSSR count). The van der Waals surface area contributed by atoms with E-state index in [2.05, 4.69) is 19.1 Å². The molecule has 38 heavy (non-hydrogen) atoms. The zero-order valence-electron chi connectivity index (χ0n) is 22.1. The Labute approximate surface area is 242 Å². The van der Waals surface area contributed by atoms with Crippen LogP contribution in [0.25, 0.3) is 11.1 Å². The van der Waals surface area contributed by atoms with E-state index in [1.165, 1.54) is 57.1 Å². The summed E-state index contributed by atoms with van der Waals surface area (Å²) >= 11 is 18.4. The summed E-state index contributed by atoms with van der Waals surface area (Å²) in [6, 6.07) is 20.8. The Balaban J connectivity index is 1.58. The first-order chi connectivity index (χ1) is 18.5. The van der Waals surface area contributed by atoms with Crippen molar-refractivity contribution in [3.8, 4) is 22.6 Å². The van der Waals surface area contributed by atoms with Crippen LogP contribution < -0.4 is 9.47 Å². The Hall–Kier alpha value is -2.20. The van der Waals surface area contributed by atoms with E-state index in [0.717, 1.165) is 30.4 Å². The summed E-state index contributed by atoms with van der Waals surface area (Å²) in [5, 5.41) is 0.785. The van der Waals surface area contributed by atoms with Crippen LogP contribution in [0.2, 0.25) is 15.1 Å². The number of hydrogen-bond acceptors (Lipinski definition) is 3. The van der Waals surface area contributed by atoms with Crippen LogP contribution in [0, 0.1) is 0 Å². The molecule has 0 bridgehead atoms. The van der Waals surface area contributed by atoms with Gasteiger partial charge in [-0.1, -0.05) is 142 Å². The summed E-state index contributed by atoms with van der Waals surface area (Å²) < 4.78 is 11.8. The lowest BCUT2D eigenvalue weighted by atomic mass is 10.0. The van der Waals surface area contributed by atoms with Crippen LogP contribution in [0.15, 0.2) is 66.7 Å². The number of rotatable bonds is 16. The minimum Gasteiger partial charge on any atom is -0.479 e. The first kappa shape index (κ1) is 30.3. The number of unbranched alkanes of at least 4 members (excludes halogenated alkanes) is 9. The van der Waals surface area contributed by atoms with Crippen LogP contribution in [0.5, 0.6) is 11.5 Å². The molecule has 1 unspecified atom stereocenters. The van der Waals surface area contributed by atoms with Gasteiger partial charge in [-0.3, -0.25) is 0 Å². The lowest BCUT2D eigenvalue weighted by molar-refractivity contribution is -0.142. The number of carbonyl (C=O) groups is 1. The third-order valence-electron chi connectivity index (χ3n) is 6.51. The van der Waals surface area contributed by atoms with E-state index >= 15 is 0 Å². The van der Waals surface area contributed by atoms with Crippen molar-refractivity contribution in [3.63, 3.8) is 0 Å². The molecule has 3 aromatic rings. The lowest BCUT2D eigenvalue weighted by Gasteiger charge is -2.19. The second kappa shape index (κ2) is 16.7. The zero-order valence-corrected chi connectivity index (χ0v) is 24.3. The van der Waals surface area contributed by atoms with Crippen LogP contribution in [0.1, 0.15) is 77.6 Å². The molecule has 6 heteroatoms. The molecular weight excluding hydrogens is 539 g/mol. The van der Waals surface area contributed by atoms with E-state index in [1.807, 2.05) is 42.5 Å². The fourth-order valence-corrected chi connectivity index (χ4v) is 4.89. The van der Waals surface area contributed by atoms with Crippen LogP contribution in [-0.2, 0) is 4.79 Å². The average molecular weight is 576 g/mol. The first-order valence-corrected chi connectivity index (χ1v) is 14.8. The molecule has 0 aromatic heterocycles. The quantitative estimate of drug-likeness (QED) is 0.0737. The van der Waals surface area contributed by atoms with Gasteiger partial charge in [0.05, 0.1) is 15.1 Å². The van der Waals surface area contributed by atoms with Gasteiger partial charge in [-0.05, 0) is 42.2 Å². The highest BCUT2D eigenvalue weighted by atomic mass is 35.5. The SMILES string of the molecule is CCCCCCCCCCCCC(Oc1ccc(-c2ccccc2)cc1)C(=O)Oc1cc(Cl)c(Cl)cc1Cl.